The van der Waals surface area contributed by atoms with Gasteiger partial charge in [-0.1, -0.05) is 42.0 Å². The van der Waals surface area contributed by atoms with Crippen molar-refractivity contribution in [3.8, 4) is 17.0 Å². The summed E-state index contributed by atoms with van der Waals surface area (Å²) in [5.41, 5.74) is 1.68. The molecule has 0 aliphatic heterocycles. The third kappa shape index (κ3) is 5.41. The summed E-state index contributed by atoms with van der Waals surface area (Å²) in [6.45, 7) is 1.82. The zero-order chi connectivity index (χ0) is 24.3. The zero-order valence-corrected chi connectivity index (χ0v) is 19.2. The van der Waals surface area contributed by atoms with Gasteiger partial charge in [0.2, 0.25) is 0 Å². The monoisotopic (exact) mass is 486 g/mol. The minimum Gasteiger partial charge on any atom is -0.504 e. The highest BCUT2D eigenvalue weighted by molar-refractivity contribution is 7.80. The van der Waals surface area contributed by atoms with Gasteiger partial charge in [0, 0.05) is 35.0 Å². The number of aromatic carboxylic acids is 1. The van der Waals surface area contributed by atoms with Gasteiger partial charge < -0.3 is 10.2 Å². The van der Waals surface area contributed by atoms with Crippen molar-refractivity contribution in [2.24, 2.45) is 12.0 Å². The number of carbonyl (C=O) groups is 1. The van der Waals surface area contributed by atoms with Crippen LogP contribution in [0.2, 0.25) is 5.02 Å². The van der Waals surface area contributed by atoms with Gasteiger partial charge in [-0.05, 0) is 30.7 Å². The molecule has 0 radical (unpaired) electrons. The molecule has 0 saturated carbocycles. The first-order valence-electron chi connectivity index (χ1n) is 9.64. The lowest BCUT2D eigenvalue weighted by Crippen LogP contribution is -2.09. The molecule has 0 atom stereocenters. The molecule has 0 fully saturated rings. The summed E-state index contributed by atoms with van der Waals surface area (Å²) in [5.74, 6) is -1.39. The van der Waals surface area contributed by atoms with Crippen LogP contribution in [-0.2, 0) is 13.5 Å². The van der Waals surface area contributed by atoms with Crippen molar-refractivity contribution in [1.82, 2.24) is 9.78 Å². The molecule has 3 rings (SSSR count). The van der Waals surface area contributed by atoms with Crippen molar-refractivity contribution < 1.29 is 19.9 Å². The summed E-state index contributed by atoms with van der Waals surface area (Å²) in [4.78, 5) is 26.5. The largest absolute Gasteiger partial charge is 0.504 e. The molecule has 170 valence electrons. The Hall–Kier alpha value is -3.63. The number of hydrogen-bond acceptors (Lipinski definition) is 7. The summed E-state index contributed by atoms with van der Waals surface area (Å²) in [7, 11) is 1.71. The Labute approximate surface area is 199 Å². The van der Waals surface area contributed by atoms with E-state index in [1.165, 1.54) is 18.2 Å². The van der Waals surface area contributed by atoms with Gasteiger partial charge in [-0.25, -0.2) is 4.79 Å². The molecule has 3 aromatic rings. The maximum Gasteiger partial charge on any atom is 0.342 e. The summed E-state index contributed by atoms with van der Waals surface area (Å²) < 4.78 is 1.55. The number of aromatic hydroxyl groups is 1. The maximum atomic E-state index is 11.2. The van der Waals surface area contributed by atoms with Crippen molar-refractivity contribution >= 4 is 46.1 Å². The average Bonchev–Trinajstić information content (AvgIpc) is 3.06. The maximum absolute atomic E-state index is 11.2. The third-order valence-electron chi connectivity index (χ3n) is 4.87. The Morgan fingerprint density at radius 2 is 1.94 bits per heavy atom. The Morgan fingerprint density at radius 3 is 2.55 bits per heavy atom. The van der Waals surface area contributed by atoms with Crippen molar-refractivity contribution in [3.05, 3.63) is 74.4 Å². The van der Waals surface area contributed by atoms with E-state index >= 15 is 0 Å². The number of carboxylic acid groups (broad SMARTS) is 1. The standard InChI is InChI=1S/C22H19ClN4O5S/c1-12(19-21(28)20(26(2)25-19)14-4-6-15(23)7-5-14)24-11-16(33)9-13-3-8-17(22(29)30)18(10-13)27(31)32/h3-8,10,28H,9,11H2,1-2H3,(H,29,30). The van der Waals surface area contributed by atoms with E-state index in [1.54, 1.807) is 42.9 Å². The lowest BCUT2D eigenvalue weighted by molar-refractivity contribution is -0.385. The molecule has 0 aliphatic carbocycles. The molecule has 9 nitrogen and oxygen atoms in total. The minimum absolute atomic E-state index is 0.0214. The van der Waals surface area contributed by atoms with Crippen molar-refractivity contribution in [1.29, 1.82) is 0 Å². The van der Waals surface area contributed by atoms with E-state index in [2.05, 4.69) is 10.1 Å². The molecule has 0 aliphatic rings. The molecule has 2 aromatic carbocycles. The second-order valence-corrected chi connectivity index (χ2v) is 8.22. The number of carboxylic acids is 1. The van der Waals surface area contributed by atoms with E-state index in [0.29, 0.717) is 32.6 Å². The number of thiocarbonyl (C=S) groups is 1. The molecule has 0 spiro atoms. The lowest BCUT2D eigenvalue weighted by Gasteiger charge is -2.05. The number of nitrogens with zero attached hydrogens (tertiary/aromatic N) is 4. The van der Waals surface area contributed by atoms with E-state index in [4.69, 9.17) is 28.9 Å². The minimum atomic E-state index is -1.37. The first-order valence-corrected chi connectivity index (χ1v) is 10.4. The molecule has 0 unspecified atom stereocenters. The zero-order valence-electron chi connectivity index (χ0n) is 17.6. The molecule has 2 N–H and O–H groups in total. The van der Waals surface area contributed by atoms with Crippen LogP contribution in [0, 0.1) is 10.1 Å². The Balaban J connectivity index is 1.77. The predicted molar refractivity (Wildman–Crippen MR) is 129 cm³/mol. The van der Waals surface area contributed by atoms with Gasteiger partial charge in [-0.2, -0.15) is 5.10 Å². The molecule has 1 aromatic heterocycles. The number of halogens is 1. The number of nitro benzene ring substituents is 1. The van der Waals surface area contributed by atoms with Crippen molar-refractivity contribution in [2.75, 3.05) is 6.54 Å². The molecule has 11 heteroatoms. The normalized spacial score (nSPS) is 11.4. The molecule has 0 amide bonds. The van der Waals surface area contributed by atoms with Gasteiger partial charge >= 0.3 is 5.97 Å². The van der Waals surface area contributed by atoms with Crippen LogP contribution in [0.4, 0.5) is 5.69 Å². The molecular weight excluding hydrogens is 468 g/mol. The van der Waals surface area contributed by atoms with E-state index in [-0.39, 0.29) is 24.3 Å². The van der Waals surface area contributed by atoms with E-state index in [0.717, 1.165) is 5.56 Å². The Kier molecular flexibility index (Phi) is 7.19. The fraction of sp³-hybridized carbons (Fsp3) is 0.182. The second-order valence-electron chi connectivity index (χ2n) is 7.21. The van der Waals surface area contributed by atoms with Gasteiger partial charge in [-0.15, -0.1) is 0 Å². The van der Waals surface area contributed by atoms with Crippen LogP contribution < -0.4 is 0 Å². The quantitative estimate of drug-likeness (QED) is 0.208. The summed E-state index contributed by atoms with van der Waals surface area (Å²) in [6, 6.07) is 10.9. The highest BCUT2D eigenvalue weighted by Crippen LogP contribution is 2.32. The number of aryl methyl sites for hydroxylation is 1. The smallest absolute Gasteiger partial charge is 0.342 e. The molecular formula is C22H19ClN4O5S. The summed E-state index contributed by atoms with van der Waals surface area (Å²) in [5, 5.41) is 35.9. The van der Waals surface area contributed by atoms with Crippen molar-refractivity contribution in [2.45, 2.75) is 13.3 Å². The highest BCUT2D eigenvalue weighted by Gasteiger charge is 2.21. The lowest BCUT2D eigenvalue weighted by atomic mass is 10.1. The van der Waals surface area contributed by atoms with E-state index < -0.39 is 16.6 Å². The fourth-order valence-electron chi connectivity index (χ4n) is 3.27. The number of hydrogen-bond donors (Lipinski definition) is 2. The second kappa shape index (κ2) is 9.88. The van der Waals surface area contributed by atoms with Gasteiger partial charge in [-0.3, -0.25) is 19.8 Å². The van der Waals surface area contributed by atoms with Crippen LogP contribution in [0.5, 0.6) is 5.75 Å². The highest BCUT2D eigenvalue weighted by atomic mass is 35.5. The van der Waals surface area contributed by atoms with E-state index in [9.17, 15) is 20.0 Å². The number of nitro groups is 1. The number of benzene rings is 2. The van der Waals surface area contributed by atoms with Crippen LogP contribution in [0.1, 0.15) is 28.5 Å². The van der Waals surface area contributed by atoms with Crippen LogP contribution in [-0.4, -0.2) is 48.0 Å². The predicted octanol–water partition coefficient (Wildman–Crippen LogP) is 4.47. The van der Waals surface area contributed by atoms with Crippen LogP contribution in [0.25, 0.3) is 11.3 Å². The first kappa shape index (κ1) is 24.0. The summed E-state index contributed by atoms with van der Waals surface area (Å²) >= 11 is 11.3. The van der Waals surface area contributed by atoms with Gasteiger partial charge in [0.1, 0.15) is 17.0 Å². The summed E-state index contributed by atoms with van der Waals surface area (Å²) in [6.07, 6.45) is 0.205. The Morgan fingerprint density at radius 1 is 1.27 bits per heavy atom. The van der Waals surface area contributed by atoms with Crippen LogP contribution >= 0.6 is 23.8 Å². The molecule has 33 heavy (non-hydrogen) atoms. The molecule has 0 bridgehead atoms. The topological polar surface area (TPSA) is 131 Å². The van der Waals surface area contributed by atoms with Crippen LogP contribution in [0.3, 0.4) is 0 Å². The van der Waals surface area contributed by atoms with Gasteiger partial charge in [0.25, 0.3) is 5.69 Å². The van der Waals surface area contributed by atoms with E-state index in [1.807, 2.05) is 0 Å². The third-order valence-corrected chi connectivity index (χ3v) is 5.39. The molecule has 1 heterocycles. The SMILES string of the molecule is CC(=NCC(=S)Cc1ccc(C(=O)O)c([N+](=O)[O-])c1)c1nn(C)c(-c2ccc(Cl)cc2)c1O. The first-order chi connectivity index (χ1) is 15.6. The number of aliphatic imine (C=N–C) groups is 1. The van der Waals surface area contributed by atoms with Gasteiger partial charge in [0.05, 0.1) is 17.2 Å². The fourth-order valence-corrected chi connectivity index (χ4v) is 3.63. The average molecular weight is 487 g/mol. The number of aromatic nitrogens is 2. The Bertz CT molecular complexity index is 1280. The van der Waals surface area contributed by atoms with Gasteiger partial charge in [0.15, 0.2) is 5.75 Å². The molecule has 0 saturated heterocycles. The number of rotatable bonds is 8. The van der Waals surface area contributed by atoms with Crippen molar-refractivity contribution in [3.63, 3.8) is 0 Å². The van der Waals surface area contributed by atoms with Crippen LogP contribution in [0.15, 0.2) is 47.5 Å².